The van der Waals surface area contributed by atoms with Gasteiger partial charge in [-0.15, -0.1) is 0 Å². The van der Waals surface area contributed by atoms with Gasteiger partial charge in [0.05, 0.1) is 6.10 Å². The first kappa shape index (κ1) is 15.5. The molecule has 2 unspecified atom stereocenters. The number of hydrogen-bond acceptors (Lipinski definition) is 2. The molecule has 0 bridgehead atoms. The molecule has 0 aliphatic heterocycles. The maximum Gasteiger partial charge on any atom is 0.0827 e. The topological polar surface area (TPSA) is 21.3 Å². The zero-order valence-corrected chi connectivity index (χ0v) is 13.0. The van der Waals surface area contributed by atoms with Crippen LogP contribution in [-0.4, -0.2) is 19.2 Å². The SMILES string of the molecule is CCNC(C)CCCCOC1CCCc2ccccc21. The predicted octanol–water partition coefficient (Wildman–Crippen LogP) is 4.25. The summed E-state index contributed by atoms with van der Waals surface area (Å²) in [5.74, 6) is 0. The van der Waals surface area contributed by atoms with Gasteiger partial charge in [-0.05, 0) is 63.1 Å². The van der Waals surface area contributed by atoms with Crippen LogP contribution in [0.4, 0.5) is 0 Å². The summed E-state index contributed by atoms with van der Waals surface area (Å²) < 4.78 is 6.13. The molecule has 2 rings (SSSR count). The summed E-state index contributed by atoms with van der Waals surface area (Å²) in [6, 6.07) is 9.41. The monoisotopic (exact) mass is 275 g/mol. The molecule has 0 radical (unpaired) electrons. The van der Waals surface area contributed by atoms with E-state index in [1.807, 2.05) is 0 Å². The van der Waals surface area contributed by atoms with Crippen LogP contribution in [0.3, 0.4) is 0 Å². The third kappa shape index (κ3) is 4.60. The molecule has 20 heavy (non-hydrogen) atoms. The van der Waals surface area contributed by atoms with Crippen molar-refractivity contribution in [3.8, 4) is 0 Å². The van der Waals surface area contributed by atoms with Crippen LogP contribution < -0.4 is 5.32 Å². The van der Waals surface area contributed by atoms with Crippen molar-refractivity contribution in [3.05, 3.63) is 35.4 Å². The van der Waals surface area contributed by atoms with Crippen LogP contribution in [-0.2, 0) is 11.2 Å². The van der Waals surface area contributed by atoms with Gasteiger partial charge in [0, 0.05) is 12.6 Å². The number of hydrogen-bond donors (Lipinski definition) is 1. The molecule has 2 heteroatoms. The maximum atomic E-state index is 6.13. The number of rotatable bonds is 8. The average Bonchev–Trinajstić information content (AvgIpc) is 2.47. The molecule has 2 nitrogen and oxygen atoms in total. The van der Waals surface area contributed by atoms with Crippen molar-refractivity contribution in [2.45, 2.75) is 64.5 Å². The second kappa shape index (κ2) is 8.43. The molecule has 1 N–H and O–H groups in total. The van der Waals surface area contributed by atoms with E-state index in [0.29, 0.717) is 12.1 Å². The van der Waals surface area contributed by atoms with E-state index in [9.17, 15) is 0 Å². The van der Waals surface area contributed by atoms with Crippen LogP contribution in [0.5, 0.6) is 0 Å². The molecule has 1 aromatic carbocycles. The van der Waals surface area contributed by atoms with E-state index < -0.39 is 0 Å². The molecule has 0 spiro atoms. The van der Waals surface area contributed by atoms with E-state index in [2.05, 4.69) is 43.4 Å². The summed E-state index contributed by atoms with van der Waals surface area (Å²) in [6.45, 7) is 6.40. The normalized spacial score (nSPS) is 19.6. The van der Waals surface area contributed by atoms with E-state index in [-0.39, 0.29) is 0 Å². The Morgan fingerprint density at radius 1 is 1.30 bits per heavy atom. The number of unbranched alkanes of at least 4 members (excludes halogenated alkanes) is 1. The van der Waals surface area contributed by atoms with Crippen LogP contribution in [0.1, 0.15) is 63.2 Å². The molecule has 1 aliphatic carbocycles. The first-order valence-electron chi connectivity index (χ1n) is 8.24. The summed E-state index contributed by atoms with van der Waals surface area (Å²) in [4.78, 5) is 0. The van der Waals surface area contributed by atoms with E-state index in [4.69, 9.17) is 4.74 Å². The lowest BCUT2D eigenvalue weighted by Crippen LogP contribution is -2.25. The Morgan fingerprint density at radius 2 is 2.15 bits per heavy atom. The Bertz CT molecular complexity index is 391. The number of aryl methyl sites for hydroxylation is 1. The molecule has 0 amide bonds. The van der Waals surface area contributed by atoms with Crippen LogP contribution in [0.25, 0.3) is 0 Å². The molecule has 0 saturated carbocycles. The molecular formula is C18H29NO. The van der Waals surface area contributed by atoms with Gasteiger partial charge in [0.15, 0.2) is 0 Å². The second-order valence-corrected chi connectivity index (χ2v) is 5.90. The fourth-order valence-electron chi connectivity index (χ4n) is 3.11. The quantitative estimate of drug-likeness (QED) is 0.716. The Morgan fingerprint density at radius 3 is 3.00 bits per heavy atom. The maximum absolute atomic E-state index is 6.13. The van der Waals surface area contributed by atoms with Gasteiger partial charge < -0.3 is 10.1 Å². The smallest absolute Gasteiger partial charge is 0.0827 e. The molecule has 112 valence electrons. The molecule has 0 aromatic heterocycles. The van der Waals surface area contributed by atoms with Gasteiger partial charge >= 0.3 is 0 Å². The highest BCUT2D eigenvalue weighted by Crippen LogP contribution is 2.32. The molecular weight excluding hydrogens is 246 g/mol. The van der Waals surface area contributed by atoms with Crippen LogP contribution in [0.15, 0.2) is 24.3 Å². The largest absolute Gasteiger partial charge is 0.374 e. The Kier molecular flexibility index (Phi) is 6.55. The molecule has 1 aromatic rings. The van der Waals surface area contributed by atoms with Crippen LogP contribution in [0, 0.1) is 0 Å². The summed E-state index contributed by atoms with van der Waals surface area (Å²) in [5, 5.41) is 3.46. The van der Waals surface area contributed by atoms with Crippen molar-refractivity contribution in [1.82, 2.24) is 5.32 Å². The zero-order chi connectivity index (χ0) is 14.2. The average molecular weight is 275 g/mol. The third-order valence-corrected chi connectivity index (χ3v) is 4.22. The lowest BCUT2D eigenvalue weighted by molar-refractivity contribution is 0.0380. The summed E-state index contributed by atoms with van der Waals surface area (Å²) >= 11 is 0. The van der Waals surface area contributed by atoms with Gasteiger partial charge in [0.25, 0.3) is 0 Å². The Labute approximate surface area is 123 Å². The highest BCUT2D eigenvalue weighted by Gasteiger charge is 2.19. The van der Waals surface area contributed by atoms with E-state index >= 15 is 0 Å². The van der Waals surface area contributed by atoms with Gasteiger partial charge in [-0.1, -0.05) is 31.2 Å². The van der Waals surface area contributed by atoms with Crippen molar-refractivity contribution in [3.63, 3.8) is 0 Å². The van der Waals surface area contributed by atoms with Crippen LogP contribution in [0.2, 0.25) is 0 Å². The lowest BCUT2D eigenvalue weighted by atomic mass is 9.89. The van der Waals surface area contributed by atoms with Gasteiger partial charge in [-0.25, -0.2) is 0 Å². The predicted molar refractivity (Wildman–Crippen MR) is 85.1 cm³/mol. The van der Waals surface area contributed by atoms with Crippen molar-refractivity contribution in [1.29, 1.82) is 0 Å². The van der Waals surface area contributed by atoms with E-state index in [1.54, 1.807) is 0 Å². The first-order valence-corrected chi connectivity index (χ1v) is 8.24. The molecule has 0 saturated heterocycles. The highest BCUT2D eigenvalue weighted by atomic mass is 16.5. The van der Waals surface area contributed by atoms with E-state index in [0.717, 1.165) is 13.2 Å². The van der Waals surface area contributed by atoms with Crippen molar-refractivity contribution in [2.75, 3.05) is 13.2 Å². The minimum atomic E-state index is 0.339. The molecule has 2 atom stereocenters. The molecule has 0 fully saturated rings. The Hall–Kier alpha value is -0.860. The van der Waals surface area contributed by atoms with Gasteiger partial charge in [-0.2, -0.15) is 0 Å². The number of ether oxygens (including phenoxy) is 1. The standard InChI is InChI=1S/C18H29NO/c1-3-19-15(2)9-6-7-14-20-18-13-8-11-16-10-4-5-12-17(16)18/h4-5,10,12,15,18-19H,3,6-9,11,13-14H2,1-2H3. The van der Waals surface area contributed by atoms with Gasteiger partial charge in [0.1, 0.15) is 0 Å². The number of benzene rings is 1. The minimum absolute atomic E-state index is 0.339. The second-order valence-electron chi connectivity index (χ2n) is 5.90. The van der Waals surface area contributed by atoms with Crippen LogP contribution >= 0.6 is 0 Å². The third-order valence-electron chi connectivity index (χ3n) is 4.22. The van der Waals surface area contributed by atoms with Crippen molar-refractivity contribution in [2.24, 2.45) is 0 Å². The number of nitrogens with one attached hydrogen (secondary N) is 1. The van der Waals surface area contributed by atoms with E-state index in [1.165, 1.54) is 49.7 Å². The molecule has 1 aliphatic rings. The van der Waals surface area contributed by atoms with Crippen molar-refractivity contribution < 1.29 is 4.74 Å². The fraction of sp³-hybridized carbons (Fsp3) is 0.667. The van der Waals surface area contributed by atoms with Gasteiger partial charge in [0.2, 0.25) is 0 Å². The number of fused-ring (bicyclic) bond motifs is 1. The fourth-order valence-corrected chi connectivity index (χ4v) is 3.11. The molecule has 0 heterocycles. The first-order chi connectivity index (χ1) is 9.81. The minimum Gasteiger partial charge on any atom is -0.374 e. The van der Waals surface area contributed by atoms with Crippen molar-refractivity contribution >= 4 is 0 Å². The summed E-state index contributed by atoms with van der Waals surface area (Å²) in [6.07, 6.45) is 7.68. The summed E-state index contributed by atoms with van der Waals surface area (Å²) in [7, 11) is 0. The summed E-state index contributed by atoms with van der Waals surface area (Å²) in [5.41, 5.74) is 2.92. The zero-order valence-electron chi connectivity index (χ0n) is 13.0. The van der Waals surface area contributed by atoms with Gasteiger partial charge in [-0.3, -0.25) is 0 Å². The Balaban J connectivity index is 1.68. The lowest BCUT2D eigenvalue weighted by Gasteiger charge is -2.25. The highest BCUT2D eigenvalue weighted by molar-refractivity contribution is 5.31.